The van der Waals surface area contributed by atoms with E-state index in [1.165, 1.54) is 0 Å². The molecule has 1 aromatic rings. The minimum Gasteiger partial charge on any atom is -0.491 e. The van der Waals surface area contributed by atoms with Crippen LogP contribution in [0.1, 0.15) is 20.8 Å². The van der Waals surface area contributed by atoms with Gasteiger partial charge in [-0.3, -0.25) is 0 Å². The third kappa shape index (κ3) is 5.10. The van der Waals surface area contributed by atoms with Gasteiger partial charge in [0.1, 0.15) is 12.4 Å². The maximum atomic E-state index is 6.01. The van der Waals surface area contributed by atoms with E-state index in [-0.39, 0.29) is 11.5 Å². The van der Waals surface area contributed by atoms with Gasteiger partial charge in [0.05, 0.1) is 6.10 Å². The Labute approximate surface area is 112 Å². The van der Waals surface area contributed by atoms with E-state index < -0.39 is 9.04 Å². The molecule has 0 spiro atoms. The molecule has 4 heteroatoms. The van der Waals surface area contributed by atoms with Gasteiger partial charge in [0.15, 0.2) is 0 Å². The van der Waals surface area contributed by atoms with Crippen molar-refractivity contribution in [1.29, 1.82) is 0 Å². The van der Waals surface area contributed by atoms with Crippen molar-refractivity contribution in [3.63, 3.8) is 0 Å². The van der Waals surface area contributed by atoms with Crippen molar-refractivity contribution in [2.75, 3.05) is 12.3 Å². The fourth-order valence-electron chi connectivity index (χ4n) is 1.52. The van der Waals surface area contributed by atoms with Crippen LogP contribution in [0.25, 0.3) is 0 Å². The molecule has 1 atom stereocenters. The van der Waals surface area contributed by atoms with Gasteiger partial charge in [0.2, 0.25) is 9.04 Å². The smallest absolute Gasteiger partial charge is 0.205 e. The van der Waals surface area contributed by atoms with Crippen LogP contribution in [0.3, 0.4) is 0 Å². The first-order chi connectivity index (χ1) is 8.29. The maximum Gasteiger partial charge on any atom is 0.205 e. The zero-order valence-electron chi connectivity index (χ0n) is 12.0. The van der Waals surface area contributed by atoms with Gasteiger partial charge in [-0.1, -0.05) is 26.8 Å². The van der Waals surface area contributed by atoms with Crippen LogP contribution in [-0.4, -0.2) is 21.8 Å². The predicted molar refractivity (Wildman–Crippen MR) is 78.2 cm³/mol. The number of ether oxygens (including phenoxy) is 1. The van der Waals surface area contributed by atoms with Crippen molar-refractivity contribution in [2.45, 2.75) is 40.0 Å². The topological polar surface area (TPSA) is 44.5 Å². The molecule has 2 N–H and O–H groups in total. The first-order valence-electron chi connectivity index (χ1n) is 6.24. The van der Waals surface area contributed by atoms with E-state index >= 15 is 0 Å². The SMILES string of the molecule is C[Si](C)OC(COc1cccc(N)c1)C(C)(C)C. The number of anilines is 1. The fraction of sp³-hybridized carbons (Fsp3) is 0.571. The first kappa shape index (κ1) is 15.1. The summed E-state index contributed by atoms with van der Waals surface area (Å²) in [5.41, 5.74) is 6.52. The molecule has 3 nitrogen and oxygen atoms in total. The third-order valence-corrected chi connectivity index (χ3v) is 3.36. The average Bonchev–Trinajstić information content (AvgIpc) is 2.22. The molecule has 0 aromatic heterocycles. The Morgan fingerprint density at radius 2 is 1.94 bits per heavy atom. The van der Waals surface area contributed by atoms with E-state index in [0.29, 0.717) is 6.61 Å². The Morgan fingerprint density at radius 1 is 1.28 bits per heavy atom. The summed E-state index contributed by atoms with van der Waals surface area (Å²) in [5.74, 6) is 0.800. The van der Waals surface area contributed by atoms with E-state index in [4.69, 9.17) is 14.9 Å². The van der Waals surface area contributed by atoms with Crippen molar-refractivity contribution in [2.24, 2.45) is 5.41 Å². The highest BCUT2D eigenvalue weighted by Crippen LogP contribution is 2.24. The van der Waals surface area contributed by atoms with Crippen LogP contribution >= 0.6 is 0 Å². The number of hydrogen-bond donors (Lipinski definition) is 1. The monoisotopic (exact) mass is 266 g/mol. The summed E-state index contributed by atoms with van der Waals surface area (Å²) in [6, 6.07) is 7.50. The molecule has 1 rings (SSSR count). The Hall–Kier alpha value is -1.00. The zero-order chi connectivity index (χ0) is 13.8. The number of benzene rings is 1. The lowest BCUT2D eigenvalue weighted by Crippen LogP contribution is -2.38. The molecule has 0 saturated heterocycles. The highest BCUT2D eigenvalue weighted by molar-refractivity contribution is 6.48. The maximum absolute atomic E-state index is 6.01. The molecule has 0 fully saturated rings. The van der Waals surface area contributed by atoms with Gasteiger partial charge in [0.25, 0.3) is 0 Å². The van der Waals surface area contributed by atoms with Crippen LogP contribution in [0.4, 0.5) is 5.69 Å². The molecule has 0 aliphatic rings. The molecule has 1 aromatic carbocycles. The minimum atomic E-state index is -0.732. The van der Waals surface area contributed by atoms with Gasteiger partial charge < -0.3 is 14.9 Å². The fourth-order valence-corrected chi connectivity index (χ4v) is 2.51. The highest BCUT2D eigenvalue weighted by atomic mass is 28.3. The molecule has 0 heterocycles. The van der Waals surface area contributed by atoms with Crippen LogP contribution in [0.2, 0.25) is 13.1 Å². The van der Waals surface area contributed by atoms with Crippen molar-refractivity contribution >= 4 is 14.7 Å². The largest absolute Gasteiger partial charge is 0.491 e. The Balaban J connectivity index is 2.62. The molecule has 18 heavy (non-hydrogen) atoms. The summed E-state index contributed by atoms with van der Waals surface area (Å²) in [6.45, 7) is 11.4. The molecular formula is C14H24NO2Si. The van der Waals surface area contributed by atoms with Gasteiger partial charge in [-0.15, -0.1) is 0 Å². The normalized spacial score (nSPS) is 13.7. The zero-order valence-corrected chi connectivity index (χ0v) is 13.0. The van der Waals surface area contributed by atoms with E-state index in [2.05, 4.69) is 33.9 Å². The summed E-state index contributed by atoms with van der Waals surface area (Å²) < 4.78 is 11.8. The molecule has 1 unspecified atom stereocenters. The predicted octanol–water partition coefficient (Wildman–Crippen LogP) is 3.33. The Kier molecular flexibility index (Phi) is 5.23. The third-order valence-electron chi connectivity index (χ3n) is 2.60. The summed E-state index contributed by atoms with van der Waals surface area (Å²) in [6.07, 6.45) is 0.0998. The van der Waals surface area contributed by atoms with Crippen LogP contribution < -0.4 is 10.5 Å². The first-order valence-corrected chi connectivity index (χ1v) is 8.65. The molecular weight excluding hydrogens is 242 g/mol. The lowest BCUT2D eigenvalue weighted by atomic mass is 9.90. The highest BCUT2D eigenvalue weighted by Gasteiger charge is 2.27. The van der Waals surface area contributed by atoms with Crippen molar-refractivity contribution in [1.82, 2.24) is 0 Å². The molecule has 101 valence electrons. The van der Waals surface area contributed by atoms with Crippen LogP contribution in [0.15, 0.2) is 24.3 Å². The molecule has 0 saturated carbocycles. The second-order valence-electron chi connectivity index (χ2n) is 5.76. The summed E-state index contributed by atoms with van der Waals surface area (Å²) in [4.78, 5) is 0. The average molecular weight is 266 g/mol. The van der Waals surface area contributed by atoms with Gasteiger partial charge in [-0.05, 0) is 30.6 Å². The van der Waals surface area contributed by atoms with Gasteiger partial charge in [-0.25, -0.2) is 0 Å². The van der Waals surface area contributed by atoms with Gasteiger partial charge in [0, 0.05) is 11.8 Å². The number of nitrogen functional groups attached to an aromatic ring is 1. The van der Waals surface area contributed by atoms with Crippen LogP contribution in [-0.2, 0) is 4.43 Å². The standard InChI is InChI=1S/C14H24NO2Si/c1-14(2,3)13(17-18(4)5)10-16-12-8-6-7-11(15)9-12/h6-9,13H,10,15H2,1-5H3. The lowest BCUT2D eigenvalue weighted by Gasteiger charge is -2.32. The van der Waals surface area contributed by atoms with Crippen LogP contribution in [0.5, 0.6) is 5.75 Å². The summed E-state index contributed by atoms with van der Waals surface area (Å²) in [7, 11) is -0.732. The van der Waals surface area contributed by atoms with E-state index in [0.717, 1.165) is 11.4 Å². The van der Waals surface area contributed by atoms with Crippen LogP contribution in [0, 0.1) is 5.41 Å². The molecule has 1 radical (unpaired) electrons. The summed E-state index contributed by atoms with van der Waals surface area (Å²) >= 11 is 0. The number of nitrogens with two attached hydrogens (primary N) is 1. The lowest BCUT2D eigenvalue weighted by molar-refractivity contribution is 0.0413. The van der Waals surface area contributed by atoms with Gasteiger partial charge in [-0.2, -0.15) is 0 Å². The summed E-state index contributed by atoms with van der Waals surface area (Å²) in [5, 5.41) is 0. The van der Waals surface area contributed by atoms with E-state index in [1.54, 1.807) is 0 Å². The minimum absolute atomic E-state index is 0.0717. The second-order valence-corrected chi connectivity index (χ2v) is 7.82. The second kappa shape index (κ2) is 6.25. The van der Waals surface area contributed by atoms with Gasteiger partial charge >= 0.3 is 0 Å². The van der Waals surface area contributed by atoms with E-state index in [1.807, 2.05) is 24.3 Å². The molecule has 0 amide bonds. The van der Waals surface area contributed by atoms with Crippen molar-refractivity contribution in [3.8, 4) is 5.75 Å². The van der Waals surface area contributed by atoms with E-state index in [9.17, 15) is 0 Å². The Morgan fingerprint density at radius 3 is 2.44 bits per heavy atom. The van der Waals surface area contributed by atoms with Crippen molar-refractivity contribution < 1.29 is 9.16 Å². The molecule has 0 aliphatic heterocycles. The van der Waals surface area contributed by atoms with Crippen molar-refractivity contribution in [3.05, 3.63) is 24.3 Å². The number of rotatable bonds is 5. The Bertz CT molecular complexity index is 374. The quantitative estimate of drug-likeness (QED) is 0.657. The molecule has 0 aliphatic carbocycles. The molecule has 0 bridgehead atoms. The number of hydrogen-bond acceptors (Lipinski definition) is 3.